The van der Waals surface area contributed by atoms with Gasteiger partial charge in [-0.25, -0.2) is 0 Å². The first-order valence-electron chi connectivity index (χ1n) is 7.94. The molecule has 0 aromatic carbocycles. The SMILES string of the molecule is C=CCn1c(SC(C)C(=O)Nc2cc(C)on2)nnc1-c1ccncc1. The number of allylic oxidation sites excluding steroid dienone is 1. The third-order valence-corrected chi connectivity index (χ3v) is 4.58. The Morgan fingerprint density at radius 2 is 2.19 bits per heavy atom. The number of amides is 1. The van der Waals surface area contributed by atoms with E-state index in [0.29, 0.717) is 29.1 Å². The van der Waals surface area contributed by atoms with Crippen LogP contribution in [0, 0.1) is 6.92 Å². The number of nitrogens with zero attached hydrogens (tertiary/aromatic N) is 5. The molecule has 3 aromatic heterocycles. The summed E-state index contributed by atoms with van der Waals surface area (Å²) in [5.41, 5.74) is 0.899. The maximum atomic E-state index is 12.4. The van der Waals surface area contributed by atoms with Gasteiger partial charge in [0.2, 0.25) is 5.91 Å². The Balaban J connectivity index is 1.77. The van der Waals surface area contributed by atoms with Crippen LogP contribution in [-0.2, 0) is 11.3 Å². The largest absolute Gasteiger partial charge is 0.360 e. The molecule has 9 heteroatoms. The van der Waals surface area contributed by atoms with Gasteiger partial charge in [0, 0.05) is 30.6 Å². The Labute approximate surface area is 154 Å². The van der Waals surface area contributed by atoms with E-state index in [1.54, 1.807) is 38.4 Å². The van der Waals surface area contributed by atoms with Crippen molar-refractivity contribution >= 4 is 23.5 Å². The van der Waals surface area contributed by atoms with Gasteiger partial charge in [-0.1, -0.05) is 23.0 Å². The molecular weight excluding hydrogens is 352 g/mol. The molecule has 0 saturated carbocycles. The average molecular weight is 370 g/mol. The van der Waals surface area contributed by atoms with Crippen molar-refractivity contribution in [3.63, 3.8) is 0 Å². The Hall–Kier alpha value is -2.94. The predicted molar refractivity (Wildman–Crippen MR) is 98.6 cm³/mol. The van der Waals surface area contributed by atoms with E-state index in [1.165, 1.54) is 11.8 Å². The fourth-order valence-electron chi connectivity index (χ4n) is 2.25. The van der Waals surface area contributed by atoms with Crippen LogP contribution in [0.4, 0.5) is 5.82 Å². The Morgan fingerprint density at radius 1 is 1.42 bits per heavy atom. The molecule has 0 bridgehead atoms. The minimum absolute atomic E-state index is 0.193. The monoisotopic (exact) mass is 370 g/mol. The van der Waals surface area contributed by atoms with Crippen LogP contribution in [0.3, 0.4) is 0 Å². The summed E-state index contributed by atoms with van der Waals surface area (Å²) >= 11 is 1.32. The number of nitrogens with one attached hydrogen (secondary N) is 1. The lowest BCUT2D eigenvalue weighted by molar-refractivity contribution is -0.115. The molecule has 1 N–H and O–H groups in total. The zero-order valence-electron chi connectivity index (χ0n) is 14.4. The van der Waals surface area contributed by atoms with Gasteiger partial charge in [0.05, 0.1) is 5.25 Å². The number of hydrogen-bond acceptors (Lipinski definition) is 7. The van der Waals surface area contributed by atoms with E-state index in [-0.39, 0.29) is 5.91 Å². The number of carbonyl (C=O) groups excluding carboxylic acids is 1. The van der Waals surface area contributed by atoms with Gasteiger partial charge in [-0.05, 0) is 26.0 Å². The second-order valence-electron chi connectivity index (χ2n) is 5.51. The van der Waals surface area contributed by atoms with E-state index in [0.717, 1.165) is 5.56 Å². The average Bonchev–Trinajstić information content (AvgIpc) is 3.22. The van der Waals surface area contributed by atoms with Crippen molar-refractivity contribution in [3.05, 3.63) is 49.0 Å². The number of carbonyl (C=O) groups is 1. The molecular formula is C17H18N6O2S. The molecule has 3 heterocycles. The highest BCUT2D eigenvalue weighted by molar-refractivity contribution is 8.00. The molecule has 0 fully saturated rings. The summed E-state index contributed by atoms with van der Waals surface area (Å²) in [6.45, 7) is 7.88. The van der Waals surface area contributed by atoms with E-state index >= 15 is 0 Å². The zero-order chi connectivity index (χ0) is 18.5. The number of anilines is 1. The summed E-state index contributed by atoms with van der Waals surface area (Å²) in [6.07, 6.45) is 5.16. The highest BCUT2D eigenvalue weighted by atomic mass is 32.2. The van der Waals surface area contributed by atoms with Crippen molar-refractivity contribution in [1.82, 2.24) is 24.9 Å². The molecule has 1 atom stereocenters. The van der Waals surface area contributed by atoms with Gasteiger partial charge in [-0.3, -0.25) is 14.3 Å². The van der Waals surface area contributed by atoms with Crippen LogP contribution >= 0.6 is 11.8 Å². The minimum Gasteiger partial charge on any atom is -0.360 e. The number of aryl methyl sites for hydroxylation is 1. The van der Waals surface area contributed by atoms with Gasteiger partial charge < -0.3 is 9.84 Å². The lowest BCUT2D eigenvalue weighted by Crippen LogP contribution is -2.23. The molecule has 0 radical (unpaired) electrons. The fourth-order valence-corrected chi connectivity index (χ4v) is 3.11. The third-order valence-electron chi connectivity index (χ3n) is 3.50. The Bertz CT molecular complexity index is 905. The van der Waals surface area contributed by atoms with Crippen molar-refractivity contribution in [3.8, 4) is 11.4 Å². The molecule has 0 saturated heterocycles. The van der Waals surface area contributed by atoms with Crippen molar-refractivity contribution in [1.29, 1.82) is 0 Å². The molecule has 0 aliphatic heterocycles. The summed E-state index contributed by atoms with van der Waals surface area (Å²) in [6, 6.07) is 5.39. The molecule has 3 aromatic rings. The topological polar surface area (TPSA) is 98.7 Å². The first-order valence-corrected chi connectivity index (χ1v) is 8.81. The lowest BCUT2D eigenvalue weighted by Gasteiger charge is -2.11. The highest BCUT2D eigenvalue weighted by Gasteiger charge is 2.21. The molecule has 134 valence electrons. The van der Waals surface area contributed by atoms with Gasteiger partial charge in [-0.15, -0.1) is 16.8 Å². The number of rotatable bonds is 7. The van der Waals surface area contributed by atoms with E-state index in [1.807, 2.05) is 16.7 Å². The highest BCUT2D eigenvalue weighted by Crippen LogP contribution is 2.27. The van der Waals surface area contributed by atoms with Crippen molar-refractivity contribution < 1.29 is 9.32 Å². The molecule has 26 heavy (non-hydrogen) atoms. The first-order chi connectivity index (χ1) is 12.6. The summed E-state index contributed by atoms with van der Waals surface area (Å²) in [5, 5.41) is 15.2. The van der Waals surface area contributed by atoms with Gasteiger partial charge in [0.15, 0.2) is 16.8 Å². The number of pyridine rings is 1. The van der Waals surface area contributed by atoms with Gasteiger partial charge >= 0.3 is 0 Å². The third kappa shape index (κ3) is 3.99. The van der Waals surface area contributed by atoms with Gasteiger partial charge in [0.25, 0.3) is 0 Å². The fraction of sp³-hybridized carbons (Fsp3) is 0.235. The molecule has 1 unspecified atom stereocenters. The van der Waals surface area contributed by atoms with Crippen molar-refractivity contribution in [2.75, 3.05) is 5.32 Å². The maximum absolute atomic E-state index is 12.4. The minimum atomic E-state index is -0.398. The predicted octanol–water partition coefficient (Wildman–Crippen LogP) is 2.94. The van der Waals surface area contributed by atoms with E-state index in [4.69, 9.17) is 4.52 Å². The number of thioether (sulfide) groups is 1. The number of hydrogen-bond donors (Lipinski definition) is 1. The summed E-state index contributed by atoms with van der Waals surface area (Å²) in [7, 11) is 0. The summed E-state index contributed by atoms with van der Waals surface area (Å²) in [5.74, 6) is 1.54. The van der Waals surface area contributed by atoms with Crippen LogP contribution in [0.15, 0.2) is 52.9 Å². The van der Waals surface area contributed by atoms with Crippen LogP contribution in [-0.4, -0.2) is 36.1 Å². The molecule has 0 aliphatic carbocycles. The van der Waals surface area contributed by atoms with Crippen LogP contribution < -0.4 is 5.32 Å². The van der Waals surface area contributed by atoms with Crippen molar-refractivity contribution in [2.45, 2.75) is 30.8 Å². The van der Waals surface area contributed by atoms with Crippen LogP contribution in [0.25, 0.3) is 11.4 Å². The molecule has 3 rings (SSSR count). The summed E-state index contributed by atoms with van der Waals surface area (Å²) in [4.78, 5) is 16.4. The van der Waals surface area contributed by atoms with Crippen LogP contribution in [0.2, 0.25) is 0 Å². The van der Waals surface area contributed by atoms with Crippen LogP contribution in [0.1, 0.15) is 12.7 Å². The van der Waals surface area contributed by atoms with Crippen LogP contribution in [0.5, 0.6) is 0 Å². The van der Waals surface area contributed by atoms with E-state index < -0.39 is 5.25 Å². The molecule has 8 nitrogen and oxygen atoms in total. The standard InChI is InChI=1S/C17H18N6O2S/c1-4-9-23-15(13-5-7-18-8-6-13)20-21-17(23)26-12(3)16(24)19-14-10-11(2)25-22-14/h4-8,10,12H,1,9H2,2-3H3,(H,19,22,24). The molecule has 0 spiro atoms. The second-order valence-corrected chi connectivity index (χ2v) is 6.82. The van der Waals surface area contributed by atoms with E-state index in [2.05, 4.69) is 32.2 Å². The number of aromatic nitrogens is 5. The molecule has 0 aliphatic rings. The normalized spacial score (nSPS) is 11.9. The first kappa shape index (κ1) is 17.9. The van der Waals surface area contributed by atoms with E-state index in [9.17, 15) is 4.79 Å². The summed E-state index contributed by atoms with van der Waals surface area (Å²) < 4.78 is 6.87. The molecule has 1 amide bonds. The lowest BCUT2D eigenvalue weighted by atomic mass is 10.2. The van der Waals surface area contributed by atoms with Crippen molar-refractivity contribution in [2.24, 2.45) is 0 Å². The quantitative estimate of drug-likeness (QED) is 0.504. The maximum Gasteiger partial charge on any atom is 0.238 e. The Morgan fingerprint density at radius 3 is 2.85 bits per heavy atom. The van der Waals surface area contributed by atoms with Gasteiger partial charge in [0.1, 0.15) is 5.76 Å². The Kier molecular flexibility index (Phi) is 5.47. The zero-order valence-corrected chi connectivity index (χ0v) is 15.2. The second kappa shape index (κ2) is 7.96. The smallest absolute Gasteiger partial charge is 0.238 e. The van der Waals surface area contributed by atoms with Gasteiger partial charge in [-0.2, -0.15) is 0 Å².